The van der Waals surface area contributed by atoms with Gasteiger partial charge in [0.05, 0.1) is 19.1 Å². The van der Waals surface area contributed by atoms with Crippen molar-refractivity contribution in [1.82, 2.24) is 4.31 Å². The highest BCUT2D eigenvalue weighted by Crippen LogP contribution is 2.32. The molecule has 0 saturated carbocycles. The van der Waals surface area contributed by atoms with Crippen LogP contribution in [0.3, 0.4) is 0 Å². The Bertz CT molecular complexity index is 923. The Morgan fingerprint density at radius 2 is 1.69 bits per heavy atom. The number of nitrogens with zero attached hydrogens (tertiary/aromatic N) is 1. The van der Waals surface area contributed by atoms with E-state index in [9.17, 15) is 12.8 Å². The SMILES string of the molecule is COc1ccc(S(=O)(=O)N2CC=C(c3ccc(F)cc3)CC2)cc1OC. The van der Waals surface area contributed by atoms with Gasteiger partial charge in [0.25, 0.3) is 0 Å². The molecule has 138 valence electrons. The van der Waals surface area contributed by atoms with Crippen molar-refractivity contribution in [3.8, 4) is 11.5 Å². The molecule has 3 rings (SSSR count). The summed E-state index contributed by atoms with van der Waals surface area (Å²) in [5, 5.41) is 0. The molecule has 0 atom stereocenters. The van der Waals surface area contributed by atoms with Crippen molar-refractivity contribution in [2.75, 3.05) is 27.3 Å². The van der Waals surface area contributed by atoms with Crippen LogP contribution in [0.2, 0.25) is 0 Å². The van der Waals surface area contributed by atoms with Crippen molar-refractivity contribution in [3.63, 3.8) is 0 Å². The molecular weight excluding hydrogens is 357 g/mol. The van der Waals surface area contributed by atoms with Crippen molar-refractivity contribution >= 4 is 15.6 Å². The molecule has 0 saturated heterocycles. The molecule has 0 spiro atoms. The fraction of sp³-hybridized carbons (Fsp3) is 0.263. The first-order valence-corrected chi connectivity index (χ1v) is 9.57. The number of hydrogen-bond acceptors (Lipinski definition) is 4. The summed E-state index contributed by atoms with van der Waals surface area (Å²) in [5.74, 6) is 0.555. The van der Waals surface area contributed by atoms with Crippen LogP contribution in [0.25, 0.3) is 5.57 Å². The van der Waals surface area contributed by atoms with Gasteiger partial charge in [0.15, 0.2) is 11.5 Å². The third kappa shape index (κ3) is 3.59. The van der Waals surface area contributed by atoms with Gasteiger partial charge in [-0.3, -0.25) is 0 Å². The molecule has 2 aromatic carbocycles. The van der Waals surface area contributed by atoms with Crippen molar-refractivity contribution in [1.29, 1.82) is 0 Å². The molecule has 26 heavy (non-hydrogen) atoms. The second-order valence-corrected chi connectivity index (χ2v) is 7.80. The Labute approximate surface area is 152 Å². The predicted octanol–water partition coefficient (Wildman–Crippen LogP) is 3.32. The lowest BCUT2D eigenvalue weighted by Gasteiger charge is -2.26. The van der Waals surface area contributed by atoms with E-state index in [1.165, 1.54) is 42.8 Å². The van der Waals surface area contributed by atoms with E-state index in [0.29, 0.717) is 24.5 Å². The summed E-state index contributed by atoms with van der Waals surface area (Å²) in [5.41, 5.74) is 1.93. The number of rotatable bonds is 5. The molecule has 0 unspecified atom stereocenters. The first-order valence-electron chi connectivity index (χ1n) is 8.13. The van der Waals surface area contributed by atoms with E-state index in [1.54, 1.807) is 18.2 Å². The highest BCUT2D eigenvalue weighted by molar-refractivity contribution is 7.89. The third-order valence-electron chi connectivity index (χ3n) is 4.38. The summed E-state index contributed by atoms with van der Waals surface area (Å²) in [4.78, 5) is 0.161. The zero-order valence-electron chi connectivity index (χ0n) is 14.6. The average Bonchev–Trinajstić information content (AvgIpc) is 2.68. The van der Waals surface area contributed by atoms with Gasteiger partial charge < -0.3 is 9.47 Å². The van der Waals surface area contributed by atoms with E-state index < -0.39 is 10.0 Å². The first-order chi connectivity index (χ1) is 12.5. The number of halogens is 1. The van der Waals surface area contributed by atoms with Crippen molar-refractivity contribution in [3.05, 3.63) is 59.9 Å². The lowest BCUT2D eigenvalue weighted by molar-refractivity contribution is 0.353. The second kappa shape index (κ2) is 7.47. The van der Waals surface area contributed by atoms with E-state index in [1.807, 2.05) is 6.08 Å². The lowest BCUT2D eigenvalue weighted by atomic mass is 10.0. The molecule has 0 amide bonds. The Kier molecular flexibility index (Phi) is 5.29. The zero-order chi connectivity index (χ0) is 18.7. The summed E-state index contributed by atoms with van der Waals surface area (Å²) in [6, 6.07) is 10.8. The van der Waals surface area contributed by atoms with Crippen molar-refractivity contribution in [2.24, 2.45) is 0 Å². The second-order valence-electron chi connectivity index (χ2n) is 5.87. The van der Waals surface area contributed by atoms with Crippen LogP contribution in [0.1, 0.15) is 12.0 Å². The first kappa shape index (κ1) is 18.4. The topological polar surface area (TPSA) is 55.8 Å². The fourth-order valence-corrected chi connectivity index (χ4v) is 4.32. The molecule has 0 aromatic heterocycles. The summed E-state index contributed by atoms with van der Waals surface area (Å²) in [6.07, 6.45) is 2.44. The summed E-state index contributed by atoms with van der Waals surface area (Å²) in [6.45, 7) is 0.628. The van der Waals surface area contributed by atoms with E-state index in [2.05, 4.69) is 0 Å². The normalized spacial score (nSPS) is 15.4. The van der Waals surface area contributed by atoms with Gasteiger partial charge in [-0.05, 0) is 41.8 Å². The van der Waals surface area contributed by atoms with Crippen LogP contribution in [-0.2, 0) is 10.0 Å². The Hall–Kier alpha value is -2.38. The molecule has 2 aromatic rings. The largest absolute Gasteiger partial charge is 0.493 e. The number of sulfonamides is 1. The van der Waals surface area contributed by atoms with Crippen LogP contribution >= 0.6 is 0 Å². The summed E-state index contributed by atoms with van der Waals surface area (Å²) in [7, 11) is -0.675. The molecule has 1 heterocycles. The van der Waals surface area contributed by atoms with Crippen LogP contribution in [0, 0.1) is 5.82 Å². The molecule has 0 N–H and O–H groups in total. The van der Waals surface area contributed by atoms with Gasteiger partial charge in [-0.1, -0.05) is 18.2 Å². The van der Waals surface area contributed by atoms with Gasteiger partial charge in [0.2, 0.25) is 10.0 Å². The zero-order valence-corrected chi connectivity index (χ0v) is 15.4. The minimum absolute atomic E-state index is 0.161. The van der Waals surface area contributed by atoms with Gasteiger partial charge in [0.1, 0.15) is 5.82 Å². The predicted molar refractivity (Wildman–Crippen MR) is 97.3 cm³/mol. The van der Waals surface area contributed by atoms with Gasteiger partial charge in [0, 0.05) is 19.2 Å². The molecule has 1 aliphatic heterocycles. The van der Waals surface area contributed by atoms with Crippen LogP contribution in [0.4, 0.5) is 4.39 Å². The Morgan fingerprint density at radius 3 is 2.27 bits per heavy atom. The maximum absolute atomic E-state index is 13.0. The summed E-state index contributed by atoms with van der Waals surface area (Å²) < 4.78 is 50.6. The third-order valence-corrected chi connectivity index (χ3v) is 6.24. The van der Waals surface area contributed by atoms with Crippen molar-refractivity contribution < 1.29 is 22.3 Å². The fourth-order valence-electron chi connectivity index (χ4n) is 2.92. The van der Waals surface area contributed by atoms with E-state index in [-0.39, 0.29) is 17.3 Å². The van der Waals surface area contributed by atoms with Crippen molar-refractivity contribution in [2.45, 2.75) is 11.3 Å². The maximum atomic E-state index is 13.0. The molecule has 0 fully saturated rings. The smallest absolute Gasteiger partial charge is 0.243 e. The van der Waals surface area contributed by atoms with Gasteiger partial charge in [-0.2, -0.15) is 4.31 Å². The lowest BCUT2D eigenvalue weighted by Crippen LogP contribution is -2.34. The van der Waals surface area contributed by atoms with Crippen LogP contribution in [0.5, 0.6) is 11.5 Å². The molecule has 5 nitrogen and oxygen atoms in total. The van der Waals surface area contributed by atoms with Gasteiger partial charge in [-0.25, -0.2) is 12.8 Å². The standard InChI is InChI=1S/C19H20FNO4S/c1-24-18-8-7-17(13-19(18)25-2)26(22,23)21-11-9-15(10-12-21)14-3-5-16(20)6-4-14/h3-9,13H,10-12H2,1-2H3. The number of hydrogen-bond donors (Lipinski definition) is 0. The van der Waals surface area contributed by atoms with E-state index in [0.717, 1.165) is 11.1 Å². The van der Waals surface area contributed by atoms with E-state index >= 15 is 0 Å². The van der Waals surface area contributed by atoms with Gasteiger partial charge in [-0.15, -0.1) is 0 Å². The molecule has 7 heteroatoms. The molecule has 0 radical (unpaired) electrons. The summed E-state index contributed by atoms with van der Waals surface area (Å²) >= 11 is 0. The number of benzene rings is 2. The van der Waals surface area contributed by atoms with Gasteiger partial charge >= 0.3 is 0 Å². The minimum Gasteiger partial charge on any atom is -0.493 e. The monoisotopic (exact) mass is 377 g/mol. The molecule has 1 aliphatic rings. The molecular formula is C19H20FNO4S. The van der Waals surface area contributed by atoms with Crippen LogP contribution in [-0.4, -0.2) is 40.0 Å². The number of methoxy groups -OCH3 is 2. The molecule has 0 aliphatic carbocycles. The van der Waals surface area contributed by atoms with E-state index in [4.69, 9.17) is 9.47 Å². The quantitative estimate of drug-likeness (QED) is 0.802. The minimum atomic E-state index is -3.64. The number of ether oxygens (including phenoxy) is 2. The Balaban J connectivity index is 1.82. The molecule has 0 bridgehead atoms. The van der Waals surface area contributed by atoms with Crippen LogP contribution < -0.4 is 9.47 Å². The van der Waals surface area contributed by atoms with Crippen LogP contribution in [0.15, 0.2) is 53.4 Å². The maximum Gasteiger partial charge on any atom is 0.243 e. The Morgan fingerprint density at radius 1 is 1.00 bits per heavy atom. The highest BCUT2D eigenvalue weighted by Gasteiger charge is 2.27. The average molecular weight is 377 g/mol. The highest BCUT2D eigenvalue weighted by atomic mass is 32.2.